The third kappa shape index (κ3) is 3.79. The number of carbonyl (C=O) groups is 1. The van der Waals surface area contributed by atoms with E-state index in [0.29, 0.717) is 31.0 Å². The number of hydrogen-bond donors (Lipinski definition) is 1. The molecule has 0 saturated carbocycles. The number of carbonyl (C=O) groups excluding carboxylic acids is 1. The fourth-order valence-corrected chi connectivity index (χ4v) is 3.01. The number of nitrogens with zero attached hydrogens (tertiary/aromatic N) is 2. The first kappa shape index (κ1) is 18.9. The summed E-state index contributed by atoms with van der Waals surface area (Å²) >= 11 is 0. The van der Waals surface area contributed by atoms with Crippen LogP contribution in [0.3, 0.4) is 0 Å². The Morgan fingerprint density at radius 1 is 1.46 bits per heavy atom. The average molecular weight is 378 g/mol. The van der Waals surface area contributed by atoms with E-state index in [9.17, 15) is 9.90 Å². The number of amides is 1. The van der Waals surface area contributed by atoms with E-state index in [4.69, 9.17) is 9.47 Å². The molecule has 135 valence electrons. The minimum absolute atomic E-state index is 0. The van der Waals surface area contributed by atoms with Crippen LogP contribution in [0, 0.1) is 6.07 Å². The van der Waals surface area contributed by atoms with Crippen molar-refractivity contribution in [1.29, 1.82) is 0 Å². The summed E-state index contributed by atoms with van der Waals surface area (Å²) in [5.41, 5.74) is 1.15. The van der Waals surface area contributed by atoms with Crippen LogP contribution in [0.15, 0.2) is 12.1 Å². The van der Waals surface area contributed by atoms with Gasteiger partial charge in [0.2, 0.25) is 0 Å². The smallest absolute Gasteiger partial charge is 0.410 e. The van der Waals surface area contributed by atoms with Crippen LogP contribution < -0.4 is 9.64 Å². The van der Waals surface area contributed by atoms with E-state index in [1.54, 1.807) is 11.0 Å². The maximum atomic E-state index is 12.2. The molecule has 6 nitrogen and oxygen atoms in total. The minimum atomic E-state index is -0.490. The quantitative estimate of drug-likeness (QED) is 0.755. The molecule has 7 heteroatoms. The Kier molecular flexibility index (Phi) is 5.67. The predicted octanol–water partition coefficient (Wildman–Crippen LogP) is 1.79. The fourth-order valence-electron chi connectivity index (χ4n) is 3.01. The van der Waals surface area contributed by atoms with Crippen LogP contribution >= 0.6 is 0 Å². The van der Waals surface area contributed by atoms with E-state index in [-0.39, 0.29) is 35.5 Å². The molecule has 1 saturated heterocycles. The number of fused-ring (bicyclic) bond motifs is 3. The van der Waals surface area contributed by atoms with Crippen molar-refractivity contribution in [1.82, 2.24) is 4.90 Å². The molecular weight excluding hydrogens is 355 g/mol. The number of piperazine rings is 1. The molecule has 0 aliphatic carbocycles. The molecule has 0 aromatic heterocycles. The molecule has 2 aliphatic rings. The standard InChI is InChI=1S/C17H23N2O4.Co/c1-17(2,3)23-16(21)18-7-8-19-13(9-18)11-22-15-12(10-20)5-4-6-14(15)19;/h4,6,13,20H,7-11H2,1-3H3;/q-1;/t13-;/m1./s1. The van der Waals surface area contributed by atoms with Crippen LogP contribution in [-0.2, 0) is 28.1 Å². The average Bonchev–Trinajstić information content (AvgIpc) is 2.51. The predicted molar refractivity (Wildman–Crippen MR) is 85.6 cm³/mol. The van der Waals surface area contributed by atoms with E-state index < -0.39 is 5.60 Å². The molecule has 2 heterocycles. The van der Waals surface area contributed by atoms with Gasteiger partial charge in [-0.25, -0.2) is 4.79 Å². The summed E-state index contributed by atoms with van der Waals surface area (Å²) in [6, 6.07) is 6.85. The summed E-state index contributed by atoms with van der Waals surface area (Å²) in [5.74, 6) is 0.706. The van der Waals surface area contributed by atoms with Crippen LogP contribution in [0.2, 0.25) is 0 Å². The molecule has 0 bridgehead atoms. The van der Waals surface area contributed by atoms with Crippen LogP contribution in [0.4, 0.5) is 10.5 Å². The summed E-state index contributed by atoms with van der Waals surface area (Å²) in [4.78, 5) is 16.2. The van der Waals surface area contributed by atoms with E-state index in [2.05, 4.69) is 11.0 Å². The summed E-state index contributed by atoms with van der Waals surface area (Å²) < 4.78 is 11.3. The monoisotopic (exact) mass is 378 g/mol. The van der Waals surface area contributed by atoms with Crippen molar-refractivity contribution in [2.75, 3.05) is 31.1 Å². The summed E-state index contributed by atoms with van der Waals surface area (Å²) in [6.07, 6.45) is -0.277. The number of aliphatic hydroxyl groups is 1. The molecule has 2 aliphatic heterocycles. The van der Waals surface area contributed by atoms with Gasteiger partial charge in [0.25, 0.3) is 0 Å². The van der Waals surface area contributed by atoms with Gasteiger partial charge in [-0.05, 0) is 26.5 Å². The SMILES string of the molecule is CC(C)(C)OC(=O)N1CCN2c3cc[c-]c(CO)c3OC[C@H]2C1.[Co]. The maximum Gasteiger partial charge on any atom is 0.410 e. The van der Waals surface area contributed by atoms with Crippen molar-refractivity contribution in [2.24, 2.45) is 0 Å². The number of rotatable bonds is 1. The number of ether oxygens (including phenoxy) is 2. The van der Waals surface area contributed by atoms with Crippen molar-refractivity contribution in [3.05, 3.63) is 23.8 Å². The van der Waals surface area contributed by atoms with Gasteiger partial charge in [-0.15, -0.1) is 6.07 Å². The zero-order chi connectivity index (χ0) is 16.6. The number of hydrogen-bond acceptors (Lipinski definition) is 5. The van der Waals surface area contributed by atoms with Crippen molar-refractivity contribution in [2.45, 2.75) is 39.0 Å². The van der Waals surface area contributed by atoms with Gasteiger partial charge < -0.3 is 24.4 Å². The topological polar surface area (TPSA) is 62.2 Å². The third-order valence-electron chi connectivity index (χ3n) is 4.03. The first-order chi connectivity index (χ1) is 10.9. The number of aliphatic hydroxyl groups excluding tert-OH is 1. The number of benzene rings is 1. The van der Waals surface area contributed by atoms with Crippen LogP contribution in [0.25, 0.3) is 0 Å². The largest absolute Gasteiger partial charge is 0.546 e. The minimum Gasteiger partial charge on any atom is -0.546 e. The molecule has 1 aromatic carbocycles. The summed E-state index contributed by atoms with van der Waals surface area (Å²) in [6.45, 7) is 7.90. The van der Waals surface area contributed by atoms with Crippen molar-refractivity contribution in [3.8, 4) is 5.75 Å². The van der Waals surface area contributed by atoms with Gasteiger partial charge in [-0.3, -0.25) is 0 Å². The van der Waals surface area contributed by atoms with E-state index in [0.717, 1.165) is 12.2 Å². The molecule has 1 atom stereocenters. The molecule has 1 fully saturated rings. The second-order valence-electron chi connectivity index (χ2n) is 6.91. The maximum absolute atomic E-state index is 12.2. The van der Waals surface area contributed by atoms with Gasteiger partial charge in [-0.2, -0.15) is 12.1 Å². The summed E-state index contributed by atoms with van der Waals surface area (Å²) in [5, 5.41) is 9.41. The molecule has 3 rings (SSSR count). The molecule has 1 aromatic rings. The van der Waals surface area contributed by atoms with E-state index in [1.807, 2.05) is 26.8 Å². The van der Waals surface area contributed by atoms with Crippen molar-refractivity contribution >= 4 is 11.8 Å². The molecule has 1 radical (unpaired) electrons. The molecule has 0 spiro atoms. The van der Waals surface area contributed by atoms with E-state index in [1.165, 1.54) is 0 Å². The second-order valence-corrected chi connectivity index (χ2v) is 6.91. The Morgan fingerprint density at radius 2 is 2.21 bits per heavy atom. The molecular formula is C17H23CoN2O4-. The van der Waals surface area contributed by atoms with Gasteiger partial charge in [0.1, 0.15) is 5.60 Å². The van der Waals surface area contributed by atoms with Gasteiger partial charge >= 0.3 is 6.09 Å². The summed E-state index contributed by atoms with van der Waals surface area (Å²) in [7, 11) is 0. The Bertz CT molecular complexity index is 603. The van der Waals surface area contributed by atoms with Crippen molar-refractivity contribution in [3.63, 3.8) is 0 Å². The molecule has 1 amide bonds. The number of anilines is 1. The van der Waals surface area contributed by atoms with Gasteiger partial charge in [0.05, 0.1) is 12.6 Å². The Labute approximate surface area is 152 Å². The van der Waals surface area contributed by atoms with Crippen LogP contribution in [0.5, 0.6) is 5.75 Å². The van der Waals surface area contributed by atoms with Gasteiger partial charge in [0.15, 0.2) is 0 Å². The zero-order valence-corrected chi connectivity index (χ0v) is 15.2. The molecule has 0 unspecified atom stereocenters. The van der Waals surface area contributed by atoms with Crippen LogP contribution in [0.1, 0.15) is 26.3 Å². The first-order valence-electron chi connectivity index (χ1n) is 7.91. The normalized spacial score (nSPS) is 19.6. The molecule has 1 N–H and O–H groups in total. The Hall–Kier alpha value is -1.44. The van der Waals surface area contributed by atoms with Gasteiger partial charge in [-0.1, -0.05) is 5.56 Å². The second kappa shape index (κ2) is 7.21. The van der Waals surface area contributed by atoms with Gasteiger partial charge in [0, 0.05) is 48.8 Å². The Balaban J connectivity index is 0.00000208. The van der Waals surface area contributed by atoms with E-state index >= 15 is 0 Å². The third-order valence-corrected chi connectivity index (χ3v) is 4.03. The first-order valence-corrected chi connectivity index (χ1v) is 7.91. The zero-order valence-electron chi connectivity index (χ0n) is 14.2. The van der Waals surface area contributed by atoms with Crippen molar-refractivity contribution < 1.29 is 36.2 Å². The van der Waals surface area contributed by atoms with Crippen LogP contribution in [-0.4, -0.2) is 54.0 Å². The Morgan fingerprint density at radius 3 is 2.88 bits per heavy atom. The molecule has 24 heavy (non-hydrogen) atoms. The fraction of sp³-hybridized carbons (Fsp3) is 0.588.